The van der Waals surface area contributed by atoms with Gasteiger partial charge in [-0.25, -0.2) is 8.42 Å². The third kappa shape index (κ3) is 5.07. The maximum atomic E-state index is 12.3. The Kier molecular flexibility index (Phi) is 6.99. The summed E-state index contributed by atoms with van der Waals surface area (Å²) in [6.45, 7) is 7.07. The Bertz CT molecular complexity index is 532. The molecule has 0 bridgehead atoms. The molecule has 0 aliphatic heterocycles. The average molecular weight is 363 g/mol. The van der Waals surface area contributed by atoms with E-state index in [0.29, 0.717) is 12.2 Å². The summed E-state index contributed by atoms with van der Waals surface area (Å²) in [5, 5.41) is 2.67. The molecule has 4 nitrogen and oxygen atoms in total. The molecule has 0 radical (unpaired) electrons. The Morgan fingerprint density at radius 3 is 2.60 bits per heavy atom. The highest BCUT2D eigenvalue weighted by atomic mass is 79.9. The van der Waals surface area contributed by atoms with Gasteiger partial charge in [0.05, 0.1) is 10.9 Å². The first-order valence-corrected chi connectivity index (χ1v) is 9.25. The van der Waals surface area contributed by atoms with E-state index in [1.807, 2.05) is 19.1 Å². The highest BCUT2D eigenvalue weighted by Gasteiger charge is 2.21. The minimum atomic E-state index is -3.37. The molecule has 0 aliphatic rings. The molecule has 2 N–H and O–H groups in total. The molecule has 1 aromatic rings. The zero-order valence-corrected chi connectivity index (χ0v) is 14.6. The molecule has 0 spiro atoms. The van der Waals surface area contributed by atoms with Crippen molar-refractivity contribution in [2.45, 2.75) is 38.9 Å². The first kappa shape index (κ1) is 17.5. The summed E-state index contributed by atoms with van der Waals surface area (Å²) in [6.07, 6.45) is 1.77. The minimum absolute atomic E-state index is 0.459. The number of aryl methyl sites for hydroxylation is 1. The summed E-state index contributed by atoms with van der Waals surface area (Å²) < 4.78 is 28.2. The summed E-state index contributed by atoms with van der Waals surface area (Å²) in [7, 11) is -3.37. The molecule has 0 aromatic heterocycles. The Morgan fingerprint density at radius 2 is 2.00 bits per heavy atom. The number of benzene rings is 1. The fraction of sp³-hybridized carbons (Fsp3) is 0.571. The highest BCUT2D eigenvalue weighted by molar-refractivity contribution is 9.10. The second kappa shape index (κ2) is 8.00. The fourth-order valence-corrected chi connectivity index (χ4v) is 3.25. The average Bonchev–Trinajstić information content (AvgIpc) is 2.40. The summed E-state index contributed by atoms with van der Waals surface area (Å²) in [5.74, 6) is 0. The van der Waals surface area contributed by atoms with Crippen LogP contribution in [-0.2, 0) is 16.4 Å². The second-order valence-electron chi connectivity index (χ2n) is 4.82. The van der Waals surface area contributed by atoms with Crippen molar-refractivity contribution in [3.63, 3.8) is 0 Å². The minimum Gasteiger partial charge on any atom is -0.315 e. The Morgan fingerprint density at radius 1 is 1.30 bits per heavy atom. The van der Waals surface area contributed by atoms with Crippen LogP contribution in [0.5, 0.6) is 0 Å². The SMILES string of the molecule is CCCNCC(C)S(=O)(=O)Nc1ccc(Br)cc1CC. The quantitative estimate of drug-likeness (QED) is 0.698. The first-order valence-electron chi connectivity index (χ1n) is 6.91. The first-order chi connectivity index (χ1) is 9.40. The molecule has 1 rings (SSSR count). The van der Waals surface area contributed by atoms with Crippen LogP contribution in [0.3, 0.4) is 0 Å². The van der Waals surface area contributed by atoms with E-state index in [4.69, 9.17) is 0 Å². The molecule has 0 amide bonds. The second-order valence-corrected chi connectivity index (χ2v) is 7.83. The molecule has 6 heteroatoms. The van der Waals surface area contributed by atoms with E-state index in [1.54, 1.807) is 13.0 Å². The number of sulfonamides is 1. The van der Waals surface area contributed by atoms with E-state index in [1.165, 1.54) is 0 Å². The molecular weight excluding hydrogens is 340 g/mol. The van der Waals surface area contributed by atoms with Crippen LogP contribution in [0.4, 0.5) is 5.69 Å². The van der Waals surface area contributed by atoms with Crippen LogP contribution in [0.15, 0.2) is 22.7 Å². The van der Waals surface area contributed by atoms with Crippen molar-refractivity contribution in [1.82, 2.24) is 5.32 Å². The largest absolute Gasteiger partial charge is 0.315 e. The van der Waals surface area contributed by atoms with Gasteiger partial charge >= 0.3 is 0 Å². The van der Waals surface area contributed by atoms with Crippen molar-refractivity contribution in [2.75, 3.05) is 17.8 Å². The lowest BCUT2D eigenvalue weighted by Gasteiger charge is -2.17. The summed E-state index contributed by atoms with van der Waals surface area (Å²) in [6, 6.07) is 5.58. The molecule has 0 fully saturated rings. The van der Waals surface area contributed by atoms with Gasteiger partial charge < -0.3 is 5.32 Å². The molecule has 1 unspecified atom stereocenters. The molecular formula is C14H23BrN2O2S. The maximum absolute atomic E-state index is 12.3. The van der Waals surface area contributed by atoms with Crippen LogP contribution in [0.2, 0.25) is 0 Å². The van der Waals surface area contributed by atoms with E-state index in [0.717, 1.165) is 29.4 Å². The van der Waals surface area contributed by atoms with E-state index in [9.17, 15) is 8.42 Å². The van der Waals surface area contributed by atoms with E-state index < -0.39 is 15.3 Å². The topological polar surface area (TPSA) is 58.2 Å². The maximum Gasteiger partial charge on any atom is 0.236 e. The van der Waals surface area contributed by atoms with Crippen molar-refractivity contribution in [2.24, 2.45) is 0 Å². The van der Waals surface area contributed by atoms with Gasteiger partial charge in [-0.15, -0.1) is 0 Å². The third-order valence-electron chi connectivity index (χ3n) is 3.09. The number of anilines is 1. The van der Waals surface area contributed by atoms with Crippen molar-refractivity contribution in [3.05, 3.63) is 28.2 Å². The molecule has 1 aromatic carbocycles. The highest BCUT2D eigenvalue weighted by Crippen LogP contribution is 2.23. The zero-order valence-electron chi connectivity index (χ0n) is 12.2. The van der Waals surface area contributed by atoms with Crippen molar-refractivity contribution in [1.29, 1.82) is 0 Å². The Hall–Kier alpha value is -0.590. The molecule has 0 aliphatic carbocycles. The van der Waals surface area contributed by atoms with Gasteiger partial charge in [0.2, 0.25) is 10.0 Å². The van der Waals surface area contributed by atoms with Crippen LogP contribution >= 0.6 is 15.9 Å². The van der Waals surface area contributed by atoms with Crippen LogP contribution in [0, 0.1) is 0 Å². The third-order valence-corrected chi connectivity index (χ3v) is 5.31. The van der Waals surface area contributed by atoms with Crippen molar-refractivity contribution >= 4 is 31.6 Å². The number of hydrogen-bond acceptors (Lipinski definition) is 3. The Labute approximate surface area is 130 Å². The summed E-state index contributed by atoms with van der Waals surface area (Å²) >= 11 is 3.40. The van der Waals surface area contributed by atoms with Crippen LogP contribution in [-0.4, -0.2) is 26.8 Å². The van der Waals surface area contributed by atoms with Gasteiger partial charge in [-0.1, -0.05) is 29.8 Å². The van der Waals surface area contributed by atoms with Gasteiger partial charge in [-0.2, -0.15) is 0 Å². The molecule has 0 saturated heterocycles. The van der Waals surface area contributed by atoms with Gasteiger partial charge in [-0.3, -0.25) is 4.72 Å². The van der Waals surface area contributed by atoms with Gasteiger partial charge in [0.15, 0.2) is 0 Å². The van der Waals surface area contributed by atoms with Crippen LogP contribution in [0.1, 0.15) is 32.8 Å². The van der Waals surface area contributed by atoms with E-state index >= 15 is 0 Å². The lowest BCUT2D eigenvalue weighted by Crippen LogP contribution is -2.35. The lowest BCUT2D eigenvalue weighted by atomic mass is 10.1. The van der Waals surface area contributed by atoms with Crippen molar-refractivity contribution < 1.29 is 8.42 Å². The normalized spacial score (nSPS) is 13.2. The fourth-order valence-electron chi connectivity index (χ4n) is 1.80. The number of halogens is 1. The predicted octanol–water partition coefficient (Wildman–Crippen LogP) is 3.14. The number of rotatable bonds is 8. The molecule has 20 heavy (non-hydrogen) atoms. The van der Waals surface area contributed by atoms with Gasteiger partial charge in [-0.05, 0) is 50.1 Å². The standard InChI is InChI=1S/C14H23BrN2O2S/c1-4-8-16-10-11(3)20(18,19)17-14-7-6-13(15)9-12(14)5-2/h6-7,9,11,16-17H,4-5,8,10H2,1-3H3. The smallest absolute Gasteiger partial charge is 0.236 e. The Balaban J connectivity index is 2.80. The van der Waals surface area contributed by atoms with E-state index in [2.05, 4.69) is 32.9 Å². The van der Waals surface area contributed by atoms with Gasteiger partial charge in [0.25, 0.3) is 0 Å². The van der Waals surface area contributed by atoms with Gasteiger partial charge in [0.1, 0.15) is 0 Å². The zero-order chi connectivity index (χ0) is 15.2. The molecule has 0 heterocycles. The molecule has 0 saturated carbocycles. The molecule has 114 valence electrons. The summed E-state index contributed by atoms with van der Waals surface area (Å²) in [4.78, 5) is 0. The van der Waals surface area contributed by atoms with E-state index in [-0.39, 0.29) is 0 Å². The summed E-state index contributed by atoms with van der Waals surface area (Å²) in [5.41, 5.74) is 1.65. The molecule has 1 atom stereocenters. The monoisotopic (exact) mass is 362 g/mol. The van der Waals surface area contributed by atoms with Crippen LogP contribution in [0.25, 0.3) is 0 Å². The van der Waals surface area contributed by atoms with Crippen molar-refractivity contribution in [3.8, 4) is 0 Å². The lowest BCUT2D eigenvalue weighted by molar-refractivity contribution is 0.575. The van der Waals surface area contributed by atoms with Gasteiger partial charge in [0, 0.05) is 11.0 Å². The predicted molar refractivity (Wildman–Crippen MR) is 88.7 cm³/mol. The van der Waals surface area contributed by atoms with Crippen LogP contribution < -0.4 is 10.0 Å². The number of nitrogens with one attached hydrogen (secondary N) is 2. The number of hydrogen-bond donors (Lipinski definition) is 2.